The molecule has 0 unspecified atom stereocenters. The van der Waals surface area contributed by atoms with Crippen LogP contribution in [0.3, 0.4) is 0 Å². The molecule has 0 radical (unpaired) electrons. The van der Waals surface area contributed by atoms with E-state index in [1.165, 1.54) is 0 Å². The van der Waals surface area contributed by atoms with Gasteiger partial charge in [0, 0.05) is 42.2 Å². The molecule has 1 heterocycles. The van der Waals surface area contributed by atoms with Crippen molar-refractivity contribution in [1.82, 2.24) is 9.80 Å². The Balaban J connectivity index is 1.37. The van der Waals surface area contributed by atoms with E-state index in [1.54, 1.807) is 29.2 Å². The number of benzene rings is 4. The number of halogens is 2. The van der Waals surface area contributed by atoms with Gasteiger partial charge in [-0.2, -0.15) is 0 Å². The van der Waals surface area contributed by atoms with Crippen molar-refractivity contribution < 1.29 is 19.4 Å². The number of likely N-dealkylation sites (N-methyl/N-ethyl adjacent to an activating group) is 1. The second-order valence-corrected chi connectivity index (χ2v) is 12.6. The zero-order valence-electron chi connectivity index (χ0n) is 25.6. The number of nitrogens with zero attached hydrogens (tertiary/aromatic N) is 2. The van der Waals surface area contributed by atoms with Crippen LogP contribution in [0.25, 0.3) is 10.8 Å². The van der Waals surface area contributed by atoms with Crippen molar-refractivity contribution >= 4 is 57.3 Å². The number of anilines is 2. The molecule has 0 saturated heterocycles. The number of ether oxygens (including phenoxy) is 1. The number of hydrogen-bond donors (Lipinski definition) is 3. The first-order valence-electron chi connectivity index (χ1n) is 15.0. The van der Waals surface area contributed by atoms with E-state index in [4.69, 9.17) is 27.9 Å². The number of fused-ring (bicyclic) bond motifs is 2. The summed E-state index contributed by atoms with van der Waals surface area (Å²) in [6.45, 7) is 5.37. The fourth-order valence-corrected chi connectivity index (χ4v) is 5.99. The van der Waals surface area contributed by atoms with Gasteiger partial charge in [0.1, 0.15) is 11.9 Å². The van der Waals surface area contributed by atoms with Crippen molar-refractivity contribution in [2.24, 2.45) is 5.92 Å². The van der Waals surface area contributed by atoms with Crippen LogP contribution in [0, 0.1) is 5.92 Å². The molecule has 5 rings (SSSR count). The normalized spacial score (nSPS) is 17.6. The van der Waals surface area contributed by atoms with Gasteiger partial charge in [0.2, 0.25) is 5.91 Å². The molecular weight excluding hydrogens is 611 g/mol. The predicted molar refractivity (Wildman–Crippen MR) is 181 cm³/mol. The zero-order chi connectivity index (χ0) is 32.1. The van der Waals surface area contributed by atoms with Crippen molar-refractivity contribution in [3.63, 3.8) is 0 Å². The molecule has 1 aliphatic rings. The maximum Gasteiger partial charge on any atom is 0.323 e. The summed E-state index contributed by atoms with van der Waals surface area (Å²) in [6.07, 6.45) is -0.206. The number of aliphatic hydroxyl groups is 1. The SMILES string of the molecule is C[C@H](CO)N1C[C@H](C)[C@H](CN(C)Cc2ccc(Cl)c(Cl)c2)Oc2ccc(NC(=O)Nc3cccc4ccccc34)cc2CC1=O. The smallest absolute Gasteiger partial charge is 0.323 e. The van der Waals surface area contributed by atoms with Crippen molar-refractivity contribution in [3.05, 3.63) is 100 Å². The first kappa shape index (κ1) is 32.6. The number of carbonyl (C=O) groups excluding carboxylic acids is 2. The lowest BCUT2D eigenvalue weighted by atomic mass is 10.0. The van der Waals surface area contributed by atoms with Gasteiger partial charge in [-0.15, -0.1) is 0 Å². The lowest BCUT2D eigenvalue weighted by Gasteiger charge is -2.34. The predicted octanol–water partition coefficient (Wildman–Crippen LogP) is 7.07. The highest BCUT2D eigenvalue weighted by Gasteiger charge is 2.31. The van der Waals surface area contributed by atoms with E-state index in [0.29, 0.717) is 52.4 Å². The second kappa shape index (κ2) is 14.5. The third kappa shape index (κ3) is 8.07. The van der Waals surface area contributed by atoms with E-state index in [1.807, 2.05) is 68.6 Å². The molecule has 4 aromatic carbocycles. The quantitative estimate of drug-likeness (QED) is 0.190. The Kier molecular flexibility index (Phi) is 10.5. The molecule has 0 bridgehead atoms. The molecule has 3 amide bonds. The van der Waals surface area contributed by atoms with Gasteiger partial charge in [-0.05, 0) is 61.3 Å². The van der Waals surface area contributed by atoms with Crippen LogP contribution in [0.1, 0.15) is 25.0 Å². The highest BCUT2D eigenvalue weighted by atomic mass is 35.5. The Labute approximate surface area is 273 Å². The van der Waals surface area contributed by atoms with E-state index < -0.39 is 6.03 Å². The first-order valence-corrected chi connectivity index (χ1v) is 15.7. The molecule has 3 atom stereocenters. The number of rotatable bonds is 8. The van der Waals surface area contributed by atoms with Gasteiger partial charge >= 0.3 is 6.03 Å². The maximum absolute atomic E-state index is 13.6. The number of nitrogens with one attached hydrogen (secondary N) is 2. The van der Waals surface area contributed by atoms with E-state index >= 15 is 0 Å². The van der Waals surface area contributed by atoms with Gasteiger partial charge in [-0.1, -0.05) is 72.6 Å². The molecule has 8 nitrogen and oxygen atoms in total. The minimum atomic E-state index is -0.396. The summed E-state index contributed by atoms with van der Waals surface area (Å²) in [4.78, 5) is 30.5. The number of amides is 3. The van der Waals surface area contributed by atoms with Crippen molar-refractivity contribution in [3.8, 4) is 5.75 Å². The monoisotopic (exact) mass is 648 g/mol. The summed E-state index contributed by atoms with van der Waals surface area (Å²) in [5.41, 5.74) is 2.91. The lowest BCUT2D eigenvalue weighted by molar-refractivity contribution is -0.134. The Hall–Kier alpha value is -3.82. The molecule has 0 fully saturated rings. The molecule has 1 aliphatic heterocycles. The lowest BCUT2D eigenvalue weighted by Crippen LogP contribution is -2.47. The van der Waals surface area contributed by atoms with E-state index in [0.717, 1.165) is 16.3 Å². The van der Waals surface area contributed by atoms with Crippen LogP contribution in [0.5, 0.6) is 5.75 Å². The average Bonchev–Trinajstić information content (AvgIpc) is 3.06. The molecule has 0 aromatic heterocycles. The van der Waals surface area contributed by atoms with Gasteiger partial charge < -0.3 is 25.4 Å². The van der Waals surface area contributed by atoms with Gasteiger partial charge in [0.05, 0.1) is 34.8 Å². The van der Waals surface area contributed by atoms with Gasteiger partial charge in [-0.3, -0.25) is 9.69 Å². The van der Waals surface area contributed by atoms with Crippen LogP contribution >= 0.6 is 23.2 Å². The second-order valence-electron chi connectivity index (χ2n) is 11.8. The topological polar surface area (TPSA) is 94.1 Å². The summed E-state index contributed by atoms with van der Waals surface area (Å²) >= 11 is 12.3. The minimum Gasteiger partial charge on any atom is -0.488 e. The summed E-state index contributed by atoms with van der Waals surface area (Å²) in [5.74, 6) is 0.423. The highest BCUT2D eigenvalue weighted by Crippen LogP contribution is 2.30. The van der Waals surface area contributed by atoms with E-state index in [2.05, 4.69) is 22.5 Å². The Morgan fingerprint density at radius 3 is 2.60 bits per heavy atom. The average molecular weight is 650 g/mol. The van der Waals surface area contributed by atoms with Crippen LogP contribution in [0.4, 0.5) is 16.2 Å². The fourth-order valence-electron chi connectivity index (χ4n) is 5.67. The third-order valence-electron chi connectivity index (χ3n) is 8.14. The standard InChI is InChI=1S/C35H38Cl2N4O4/c1-22-18-41(23(2)21-42)34(43)17-26-16-27(38-35(44)39-31-10-6-8-25-7-4-5-9-28(25)31)12-14-32(26)45-33(22)20-40(3)19-24-11-13-29(36)30(37)15-24/h4-16,22-23,33,42H,17-21H2,1-3H3,(H2,38,39,44)/t22-,23+,33-/m0/s1. The summed E-state index contributed by atoms with van der Waals surface area (Å²) < 4.78 is 6.64. The van der Waals surface area contributed by atoms with Crippen LogP contribution < -0.4 is 15.4 Å². The molecular formula is C35H38Cl2N4O4. The molecule has 3 N–H and O–H groups in total. The molecule has 0 saturated carbocycles. The van der Waals surface area contributed by atoms with Crippen LogP contribution in [0.2, 0.25) is 10.0 Å². The van der Waals surface area contributed by atoms with Crippen LogP contribution in [0.15, 0.2) is 78.9 Å². The molecule has 0 aliphatic carbocycles. The molecule has 0 spiro atoms. The van der Waals surface area contributed by atoms with Gasteiger partial charge in [-0.25, -0.2) is 4.79 Å². The number of urea groups is 1. The van der Waals surface area contributed by atoms with Crippen molar-refractivity contribution in [1.29, 1.82) is 0 Å². The van der Waals surface area contributed by atoms with Crippen molar-refractivity contribution in [2.45, 2.75) is 39.0 Å². The Bertz CT molecular complexity index is 1680. The van der Waals surface area contributed by atoms with Crippen LogP contribution in [-0.4, -0.2) is 65.7 Å². The number of carbonyl (C=O) groups is 2. The van der Waals surface area contributed by atoms with Gasteiger partial charge in [0.25, 0.3) is 0 Å². The summed E-state index contributed by atoms with van der Waals surface area (Å²) in [5, 5.41) is 18.8. The summed E-state index contributed by atoms with van der Waals surface area (Å²) in [6, 6.07) is 23.8. The van der Waals surface area contributed by atoms with Crippen LogP contribution in [-0.2, 0) is 17.8 Å². The van der Waals surface area contributed by atoms with Crippen molar-refractivity contribution in [2.75, 3.05) is 37.4 Å². The Morgan fingerprint density at radius 2 is 1.82 bits per heavy atom. The summed E-state index contributed by atoms with van der Waals surface area (Å²) in [7, 11) is 2.01. The molecule has 236 valence electrons. The molecule has 45 heavy (non-hydrogen) atoms. The van der Waals surface area contributed by atoms with E-state index in [9.17, 15) is 14.7 Å². The fraction of sp³-hybridized carbons (Fsp3) is 0.314. The number of aliphatic hydroxyl groups excluding tert-OH is 1. The largest absolute Gasteiger partial charge is 0.488 e. The van der Waals surface area contributed by atoms with Gasteiger partial charge in [0.15, 0.2) is 0 Å². The van der Waals surface area contributed by atoms with E-state index in [-0.39, 0.29) is 37.0 Å². The number of hydrogen-bond acceptors (Lipinski definition) is 5. The maximum atomic E-state index is 13.6. The minimum absolute atomic E-state index is 0.0468. The third-order valence-corrected chi connectivity index (χ3v) is 8.88. The highest BCUT2D eigenvalue weighted by molar-refractivity contribution is 6.42. The first-order chi connectivity index (χ1) is 21.6. The Morgan fingerprint density at radius 1 is 1.04 bits per heavy atom. The zero-order valence-corrected chi connectivity index (χ0v) is 27.1. The molecule has 10 heteroatoms. The molecule has 4 aromatic rings.